The van der Waals surface area contributed by atoms with E-state index in [-0.39, 0.29) is 18.1 Å². The third kappa shape index (κ3) is 6.77. The van der Waals surface area contributed by atoms with Gasteiger partial charge in [-0.15, -0.1) is 0 Å². The second kappa shape index (κ2) is 11.3. The molecule has 0 bridgehead atoms. The van der Waals surface area contributed by atoms with Crippen molar-refractivity contribution in [1.82, 2.24) is 10.2 Å². The maximum absolute atomic E-state index is 12.6. The lowest BCUT2D eigenvalue weighted by atomic mass is 9.96. The van der Waals surface area contributed by atoms with Gasteiger partial charge in [-0.25, -0.2) is 4.79 Å². The number of hydrogen-bond donors (Lipinski definition) is 2. The van der Waals surface area contributed by atoms with E-state index in [9.17, 15) is 4.79 Å². The number of rotatable bonds is 7. The number of amides is 2. The molecule has 2 aromatic carbocycles. The van der Waals surface area contributed by atoms with Crippen molar-refractivity contribution in [3.8, 4) is 0 Å². The molecule has 2 N–H and O–H groups in total. The van der Waals surface area contributed by atoms with Crippen molar-refractivity contribution in [3.05, 3.63) is 58.1 Å². The van der Waals surface area contributed by atoms with E-state index in [2.05, 4.69) is 41.2 Å². The second-order valence-corrected chi connectivity index (χ2v) is 9.89. The first-order valence-corrected chi connectivity index (χ1v) is 12.1. The molecule has 1 fully saturated rings. The van der Waals surface area contributed by atoms with Crippen LogP contribution in [0, 0.1) is 12.8 Å². The highest BCUT2D eigenvalue weighted by Crippen LogP contribution is 2.28. The van der Waals surface area contributed by atoms with Gasteiger partial charge in [-0.05, 0) is 56.5 Å². The average molecular weight is 477 g/mol. The predicted molar refractivity (Wildman–Crippen MR) is 136 cm³/mol. The maximum atomic E-state index is 12.6. The lowest BCUT2D eigenvalue weighted by Crippen LogP contribution is -2.57. The molecule has 1 aliphatic heterocycles. The van der Waals surface area contributed by atoms with Crippen LogP contribution in [0.25, 0.3) is 0 Å². The van der Waals surface area contributed by atoms with E-state index < -0.39 is 0 Å². The van der Waals surface area contributed by atoms with E-state index in [1.807, 2.05) is 49.4 Å². The predicted octanol–water partition coefficient (Wildman–Crippen LogP) is 6.05. The van der Waals surface area contributed by atoms with Crippen LogP contribution in [0.2, 0.25) is 10.0 Å². The van der Waals surface area contributed by atoms with E-state index in [0.29, 0.717) is 16.0 Å². The molecule has 0 aliphatic carbocycles. The van der Waals surface area contributed by atoms with Gasteiger partial charge in [-0.1, -0.05) is 54.7 Å². The fourth-order valence-corrected chi connectivity index (χ4v) is 4.55. The Bertz CT molecular complexity index is 895. The zero-order valence-corrected chi connectivity index (χ0v) is 20.9. The van der Waals surface area contributed by atoms with Crippen LogP contribution in [0.4, 0.5) is 16.2 Å². The van der Waals surface area contributed by atoms with Gasteiger partial charge in [-0.3, -0.25) is 4.90 Å². The molecule has 1 heterocycles. The van der Waals surface area contributed by atoms with E-state index in [1.165, 1.54) is 5.56 Å². The third-order valence-electron chi connectivity index (χ3n) is 6.01. The van der Waals surface area contributed by atoms with Crippen LogP contribution in [-0.4, -0.2) is 49.2 Å². The monoisotopic (exact) mass is 476 g/mol. The standard InChI is InChI=1S/C25H34Cl2N4O/c1-17(2)15-24(19(4)28-25(32)29-20-7-5-18(3)6-8-20)31-13-11-30(12-14-31)21-9-10-22(26)23(27)16-21/h5-10,16-17,19,24H,11-15H2,1-4H3,(H2,28,29,32). The first-order valence-electron chi connectivity index (χ1n) is 11.3. The maximum Gasteiger partial charge on any atom is 0.319 e. The number of carbonyl (C=O) groups is 1. The summed E-state index contributed by atoms with van der Waals surface area (Å²) in [6.07, 6.45) is 1.03. The minimum atomic E-state index is -0.162. The van der Waals surface area contributed by atoms with Crippen molar-refractivity contribution >= 4 is 40.6 Å². The molecule has 2 atom stereocenters. The highest BCUT2D eigenvalue weighted by Gasteiger charge is 2.29. The normalized spacial score (nSPS) is 16.7. The van der Waals surface area contributed by atoms with Gasteiger partial charge < -0.3 is 15.5 Å². The molecule has 174 valence electrons. The SMILES string of the molecule is Cc1ccc(NC(=O)NC(C)C(CC(C)C)N2CCN(c3ccc(Cl)c(Cl)c3)CC2)cc1. The summed E-state index contributed by atoms with van der Waals surface area (Å²) in [5.41, 5.74) is 3.07. The van der Waals surface area contributed by atoms with Gasteiger partial charge in [0.05, 0.1) is 10.0 Å². The van der Waals surface area contributed by atoms with E-state index in [4.69, 9.17) is 23.2 Å². The number of urea groups is 1. The zero-order valence-electron chi connectivity index (χ0n) is 19.4. The Morgan fingerprint density at radius 2 is 1.62 bits per heavy atom. The Hall–Kier alpha value is -1.95. The van der Waals surface area contributed by atoms with Crippen LogP contribution < -0.4 is 15.5 Å². The van der Waals surface area contributed by atoms with Crippen molar-refractivity contribution in [3.63, 3.8) is 0 Å². The summed E-state index contributed by atoms with van der Waals surface area (Å²) in [5, 5.41) is 7.28. The number of hydrogen-bond acceptors (Lipinski definition) is 3. The second-order valence-electron chi connectivity index (χ2n) is 9.07. The number of aryl methyl sites for hydroxylation is 1. The number of nitrogens with one attached hydrogen (secondary N) is 2. The summed E-state index contributed by atoms with van der Waals surface area (Å²) in [4.78, 5) is 17.5. The van der Waals surface area contributed by atoms with Gasteiger partial charge in [0.1, 0.15) is 0 Å². The molecule has 0 radical (unpaired) electrons. The van der Waals surface area contributed by atoms with Crippen molar-refractivity contribution in [2.24, 2.45) is 5.92 Å². The molecule has 2 amide bonds. The summed E-state index contributed by atoms with van der Waals surface area (Å²) in [7, 11) is 0. The van der Waals surface area contributed by atoms with Crippen LogP contribution in [-0.2, 0) is 0 Å². The highest BCUT2D eigenvalue weighted by molar-refractivity contribution is 6.42. The van der Waals surface area contributed by atoms with Gasteiger partial charge in [0.25, 0.3) is 0 Å². The summed E-state index contributed by atoms with van der Waals surface area (Å²) in [6, 6.07) is 13.8. The van der Waals surface area contributed by atoms with E-state index >= 15 is 0 Å². The van der Waals surface area contributed by atoms with Crippen LogP contribution in [0.5, 0.6) is 0 Å². The van der Waals surface area contributed by atoms with Gasteiger partial charge in [0, 0.05) is 49.6 Å². The third-order valence-corrected chi connectivity index (χ3v) is 6.75. The molecule has 1 saturated heterocycles. The number of anilines is 2. The van der Waals surface area contributed by atoms with Gasteiger partial charge in [0.15, 0.2) is 0 Å². The smallest absolute Gasteiger partial charge is 0.319 e. The minimum absolute atomic E-state index is 0.0272. The summed E-state index contributed by atoms with van der Waals surface area (Å²) >= 11 is 12.3. The fourth-order valence-electron chi connectivity index (χ4n) is 4.25. The van der Waals surface area contributed by atoms with Crippen molar-refractivity contribution in [2.45, 2.75) is 46.2 Å². The lowest BCUT2D eigenvalue weighted by molar-refractivity contribution is 0.135. The van der Waals surface area contributed by atoms with Gasteiger partial charge >= 0.3 is 6.03 Å². The molecule has 0 saturated carbocycles. The number of benzene rings is 2. The molecule has 0 spiro atoms. The molecule has 2 unspecified atom stereocenters. The summed E-state index contributed by atoms with van der Waals surface area (Å²) in [6.45, 7) is 12.3. The number of piperazine rings is 1. The first kappa shape index (κ1) is 24.7. The Balaban J connectivity index is 1.59. The Kier molecular flexibility index (Phi) is 8.69. The van der Waals surface area contributed by atoms with Gasteiger partial charge in [-0.2, -0.15) is 0 Å². The topological polar surface area (TPSA) is 47.6 Å². The molecule has 32 heavy (non-hydrogen) atoms. The fraction of sp³-hybridized carbons (Fsp3) is 0.480. The Morgan fingerprint density at radius 1 is 0.969 bits per heavy atom. The lowest BCUT2D eigenvalue weighted by Gasteiger charge is -2.43. The quantitative estimate of drug-likeness (QED) is 0.511. The molecular formula is C25H34Cl2N4O. The summed E-state index contributed by atoms with van der Waals surface area (Å²) in [5.74, 6) is 0.539. The van der Waals surface area contributed by atoms with Crippen LogP contribution in [0.3, 0.4) is 0 Å². The zero-order chi connectivity index (χ0) is 23.3. The number of nitrogens with zero attached hydrogens (tertiary/aromatic N) is 2. The number of halogens is 2. The average Bonchev–Trinajstić information content (AvgIpc) is 2.75. The van der Waals surface area contributed by atoms with Crippen molar-refractivity contribution in [2.75, 3.05) is 36.4 Å². The Morgan fingerprint density at radius 3 is 2.22 bits per heavy atom. The molecular weight excluding hydrogens is 443 g/mol. The largest absolute Gasteiger partial charge is 0.369 e. The molecule has 3 rings (SSSR count). The highest BCUT2D eigenvalue weighted by atomic mass is 35.5. The van der Waals surface area contributed by atoms with Crippen molar-refractivity contribution in [1.29, 1.82) is 0 Å². The van der Waals surface area contributed by atoms with E-state index in [0.717, 1.165) is 44.0 Å². The van der Waals surface area contributed by atoms with Crippen LogP contribution in [0.15, 0.2) is 42.5 Å². The van der Waals surface area contributed by atoms with Crippen molar-refractivity contribution < 1.29 is 4.79 Å². The molecule has 0 aromatic heterocycles. The van der Waals surface area contributed by atoms with E-state index in [1.54, 1.807) is 0 Å². The Labute approximate surface area is 202 Å². The molecule has 2 aromatic rings. The van der Waals surface area contributed by atoms with Crippen LogP contribution >= 0.6 is 23.2 Å². The minimum Gasteiger partial charge on any atom is -0.369 e. The first-order chi connectivity index (χ1) is 15.2. The number of carbonyl (C=O) groups excluding carboxylic acids is 1. The summed E-state index contributed by atoms with van der Waals surface area (Å²) < 4.78 is 0. The molecule has 5 nitrogen and oxygen atoms in total. The van der Waals surface area contributed by atoms with Gasteiger partial charge in [0.2, 0.25) is 0 Å². The molecule has 1 aliphatic rings. The molecule has 7 heteroatoms. The van der Waals surface area contributed by atoms with Crippen LogP contribution in [0.1, 0.15) is 32.8 Å².